The molecule has 3 aromatic rings. The molecular weight excluding hydrogens is 334 g/mol. The van der Waals surface area contributed by atoms with Crippen LogP contribution in [0.4, 0.5) is 0 Å². The Balaban J connectivity index is 1.98. The highest BCUT2D eigenvalue weighted by Gasteiger charge is 2.43. The highest BCUT2D eigenvalue weighted by molar-refractivity contribution is 5.49. The number of aliphatic hydroxyl groups is 1. The molecule has 1 atom stereocenters. The lowest BCUT2D eigenvalue weighted by Gasteiger charge is -2.48. The third-order valence-corrected chi connectivity index (χ3v) is 5.39. The summed E-state index contributed by atoms with van der Waals surface area (Å²) in [5.41, 5.74) is 3.24. The van der Waals surface area contributed by atoms with E-state index < -0.39 is 5.54 Å². The molecule has 0 bridgehead atoms. The van der Waals surface area contributed by atoms with Crippen molar-refractivity contribution in [1.82, 2.24) is 4.90 Å². The molecule has 0 radical (unpaired) electrons. The number of hydrogen-bond acceptors (Lipinski definition) is 3. The first-order valence-corrected chi connectivity index (χ1v) is 9.50. The van der Waals surface area contributed by atoms with Crippen LogP contribution in [0.3, 0.4) is 0 Å². The minimum absolute atomic E-state index is 0.0327. The Morgan fingerprint density at radius 3 is 1.63 bits per heavy atom. The summed E-state index contributed by atoms with van der Waals surface area (Å²) >= 11 is 0. The van der Waals surface area contributed by atoms with Gasteiger partial charge in [-0.2, -0.15) is 0 Å². The Labute approximate surface area is 160 Å². The second-order valence-electron chi connectivity index (χ2n) is 6.93. The Kier molecular flexibility index (Phi) is 5.35. The maximum absolute atomic E-state index is 9.73. The molecule has 0 unspecified atom stereocenters. The zero-order valence-corrected chi connectivity index (χ0v) is 15.4. The van der Waals surface area contributed by atoms with E-state index in [-0.39, 0.29) is 12.7 Å². The van der Waals surface area contributed by atoms with Gasteiger partial charge < -0.3 is 9.84 Å². The van der Waals surface area contributed by atoms with Crippen molar-refractivity contribution in [2.45, 2.75) is 11.6 Å². The largest absolute Gasteiger partial charge is 0.394 e. The average molecular weight is 359 g/mol. The van der Waals surface area contributed by atoms with Crippen LogP contribution in [0.2, 0.25) is 0 Å². The van der Waals surface area contributed by atoms with Gasteiger partial charge in [0.2, 0.25) is 0 Å². The molecule has 4 rings (SSSR count). The van der Waals surface area contributed by atoms with E-state index in [0.29, 0.717) is 13.2 Å². The van der Waals surface area contributed by atoms with E-state index in [1.165, 1.54) is 16.7 Å². The summed E-state index contributed by atoms with van der Waals surface area (Å²) < 4.78 is 5.77. The zero-order chi connectivity index (χ0) is 18.5. The molecule has 1 aliphatic heterocycles. The fourth-order valence-electron chi connectivity index (χ4n) is 4.22. The first-order valence-electron chi connectivity index (χ1n) is 9.50. The molecule has 0 aromatic heterocycles. The van der Waals surface area contributed by atoms with Gasteiger partial charge in [0, 0.05) is 13.1 Å². The first-order chi connectivity index (χ1) is 13.4. The van der Waals surface area contributed by atoms with Crippen LogP contribution in [-0.2, 0) is 10.3 Å². The quantitative estimate of drug-likeness (QED) is 0.706. The number of nitrogens with zero attached hydrogens (tertiary/aromatic N) is 1. The van der Waals surface area contributed by atoms with Crippen LogP contribution in [0.15, 0.2) is 91.0 Å². The molecule has 1 fully saturated rings. The molecule has 1 N–H and O–H groups in total. The van der Waals surface area contributed by atoms with E-state index in [4.69, 9.17) is 4.74 Å². The molecule has 0 spiro atoms. The molecule has 0 aliphatic carbocycles. The molecule has 1 aliphatic rings. The van der Waals surface area contributed by atoms with Crippen molar-refractivity contribution in [1.29, 1.82) is 0 Å². The predicted molar refractivity (Wildman–Crippen MR) is 108 cm³/mol. The second kappa shape index (κ2) is 8.05. The van der Waals surface area contributed by atoms with Crippen LogP contribution in [0.25, 0.3) is 0 Å². The number of morpholine rings is 1. The van der Waals surface area contributed by atoms with Crippen LogP contribution in [-0.4, -0.2) is 42.4 Å². The molecule has 0 saturated carbocycles. The SMILES string of the molecule is OC[C@@H]1CN(C(c2ccccc2)(c2ccccc2)c2ccccc2)CCO1. The van der Waals surface area contributed by atoms with Gasteiger partial charge in [-0.25, -0.2) is 0 Å². The van der Waals surface area contributed by atoms with Crippen molar-refractivity contribution in [3.8, 4) is 0 Å². The number of benzene rings is 3. The third kappa shape index (κ3) is 3.30. The number of rotatable bonds is 5. The van der Waals surface area contributed by atoms with Gasteiger partial charge in [0.25, 0.3) is 0 Å². The van der Waals surface area contributed by atoms with E-state index in [1.807, 2.05) is 0 Å². The van der Waals surface area contributed by atoms with Crippen LogP contribution in [0.1, 0.15) is 16.7 Å². The Bertz CT molecular complexity index is 739. The number of ether oxygens (including phenoxy) is 1. The predicted octanol–water partition coefficient (Wildman–Crippen LogP) is 3.67. The monoisotopic (exact) mass is 359 g/mol. The summed E-state index contributed by atoms with van der Waals surface area (Å²) in [5, 5.41) is 9.73. The normalized spacial score (nSPS) is 18.3. The maximum atomic E-state index is 9.73. The van der Waals surface area contributed by atoms with E-state index >= 15 is 0 Å². The molecule has 3 nitrogen and oxygen atoms in total. The van der Waals surface area contributed by atoms with Gasteiger partial charge in [0.05, 0.1) is 24.9 Å². The molecule has 0 amide bonds. The molecule has 138 valence electrons. The van der Waals surface area contributed by atoms with Gasteiger partial charge in [0.15, 0.2) is 0 Å². The summed E-state index contributed by atoms with van der Waals surface area (Å²) in [6, 6.07) is 31.9. The van der Waals surface area contributed by atoms with Crippen molar-refractivity contribution in [3.05, 3.63) is 108 Å². The summed E-state index contributed by atoms with van der Waals surface area (Å²) in [5.74, 6) is 0. The first kappa shape index (κ1) is 17.9. The molecular formula is C24H25NO2. The van der Waals surface area contributed by atoms with E-state index in [9.17, 15) is 5.11 Å². The second-order valence-corrected chi connectivity index (χ2v) is 6.93. The fourth-order valence-corrected chi connectivity index (χ4v) is 4.22. The Hall–Kier alpha value is -2.46. The van der Waals surface area contributed by atoms with Gasteiger partial charge >= 0.3 is 0 Å². The highest BCUT2D eigenvalue weighted by Crippen LogP contribution is 2.43. The number of aliphatic hydroxyl groups excluding tert-OH is 1. The lowest BCUT2D eigenvalue weighted by atomic mass is 9.75. The van der Waals surface area contributed by atoms with Crippen molar-refractivity contribution in [3.63, 3.8) is 0 Å². The topological polar surface area (TPSA) is 32.7 Å². The van der Waals surface area contributed by atoms with Gasteiger partial charge in [0.1, 0.15) is 0 Å². The van der Waals surface area contributed by atoms with Crippen molar-refractivity contribution >= 4 is 0 Å². The maximum Gasteiger partial charge on any atom is 0.0974 e. The summed E-state index contributed by atoms with van der Waals surface area (Å²) in [7, 11) is 0. The minimum atomic E-state index is -0.430. The van der Waals surface area contributed by atoms with Crippen molar-refractivity contribution < 1.29 is 9.84 Å². The fraction of sp³-hybridized carbons (Fsp3) is 0.250. The van der Waals surface area contributed by atoms with Crippen molar-refractivity contribution in [2.24, 2.45) is 0 Å². The summed E-state index contributed by atoms with van der Waals surface area (Å²) in [6.45, 7) is 2.12. The minimum Gasteiger partial charge on any atom is -0.394 e. The van der Waals surface area contributed by atoms with Crippen LogP contribution >= 0.6 is 0 Å². The lowest BCUT2D eigenvalue weighted by Crippen LogP contribution is -2.55. The van der Waals surface area contributed by atoms with Crippen molar-refractivity contribution in [2.75, 3.05) is 26.3 Å². The Morgan fingerprint density at radius 1 is 0.778 bits per heavy atom. The van der Waals surface area contributed by atoms with Gasteiger partial charge in [-0.3, -0.25) is 4.90 Å². The third-order valence-electron chi connectivity index (χ3n) is 5.39. The smallest absolute Gasteiger partial charge is 0.0974 e. The number of hydrogen-bond donors (Lipinski definition) is 1. The molecule has 3 aromatic carbocycles. The Morgan fingerprint density at radius 2 is 1.22 bits per heavy atom. The molecule has 3 heteroatoms. The zero-order valence-electron chi connectivity index (χ0n) is 15.4. The summed E-state index contributed by atoms with van der Waals surface area (Å²) in [4.78, 5) is 2.46. The van der Waals surface area contributed by atoms with Crippen LogP contribution < -0.4 is 0 Å². The summed E-state index contributed by atoms with van der Waals surface area (Å²) in [6.07, 6.45) is -0.172. The lowest BCUT2D eigenvalue weighted by molar-refractivity contribution is -0.0735. The van der Waals surface area contributed by atoms with E-state index in [0.717, 1.165) is 6.54 Å². The highest BCUT2D eigenvalue weighted by atomic mass is 16.5. The van der Waals surface area contributed by atoms with Crippen LogP contribution in [0.5, 0.6) is 0 Å². The van der Waals surface area contributed by atoms with Crippen LogP contribution in [0, 0.1) is 0 Å². The average Bonchev–Trinajstić information content (AvgIpc) is 2.77. The van der Waals surface area contributed by atoms with Gasteiger partial charge in [-0.15, -0.1) is 0 Å². The molecule has 27 heavy (non-hydrogen) atoms. The van der Waals surface area contributed by atoms with Gasteiger partial charge in [-0.05, 0) is 16.7 Å². The molecule has 1 heterocycles. The standard InChI is InChI=1S/C24H25NO2/c26-19-23-18-25(16-17-27-23)24(20-10-4-1-5-11-20,21-12-6-2-7-13-21)22-14-8-3-9-15-22/h1-15,23,26H,16-19H2/t23-/m0/s1. The van der Waals surface area contributed by atoms with Gasteiger partial charge in [-0.1, -0.05) is 91.0 Å². The molecule has 1 saturated heterocycles. The van der Waals surface area contributed by atoms with E-state index in [1.54, 1.807) is 0 Å². The van der Waals surface area contributed by atoms with E-state index in [2.05, 4.69) is 95.9 Å².